The molecular weight excluding hydrogens is 364 g/mol. The van der Waals surface area contributed by atoms with Crippen molar-refractivity contribution < 1.29 is 19.0 Å². The molecule has 2 aromatic carbocycles. The number of rotatable bonds is 8. The molecule has 0 bridgehead atoms. The van der Waals surface area contributed by atoms with Gasteiger partial charge in [0.2, 0.25) is 0 Å². The van der Waals surface area contributed by atoms with Crippen molar-refractivity contribution in [3.05, 3.63) is 71.4 Å². The van der Waals surface area contributed by atoms with Crippen LogP contribution in [0.4, 0.5) is 8.78 Å². The fourth-order valence-corrected chi connectivity index (χ4v) is 3.17. The van der Waals surface area contributed by atoms with Crippen molar-refractivity contribution in [3.63, 3.8) is 0 Å². The van der Waals surface area contributed by atoms with E-state index in [1.165, 1.54) is 16.8 Å². The highest BCUT2D eigenvalue weighted by Gasteiger charge is 2.18. The maximum absolute atomic E-state index is 14.3. The third kappa shape index (κ3) is 4.44. The fraction of sp³-hybridized carbons (Fsp3) is 0.286. The monoisotopic (exact) mass is 387 g/mol. The van der Waals surface area contributed by atoms with Crippen molar-refractivity contribution in [3.8, 4) is 16.9 Å². The van der Waals surface area contributed by atoms with Crippen molar-refractivity contribution in [2.75, 3.05) is 26.3 Å². The number of aryl methyl sites for hydroxylation is 1. The molecule has 0 saturated carbocycles. The largest absolute Gasteiger partial charge is 0.395 e. The normalized spacial score (nSPS) is 11.4. The number of aliphatic hydroxyl groups excluding tert-OH is 2. The first-order chi connectivity index (χ1) is 13.5. The Balaban J connectivity index is 2.08. The van der Waals surface area contributed by atoms with Gasteiger partial charge in [0.05, 0.1) is 18.9 Å². The number of nitrogens with zero attached hydrogens (tertiary/aromatic N) is 3. The summed E-state index contributed by atoms with van der Waals surface area (Å²) in [6.07, 6.45) is 1.71. The van der Waals surface area contributed by atoms with Gasteiger partial charge in [-0.15, -0.1) is 0 Å². The summed E-state index contributed by atoms with van der Waals surface area (Å²) in [5, 5.41) is 23.2. The molecular formula is C21H23F2N3O2. The lowest BCUT2D eigenvalue weighted by molar-refractivity contribution is 0.156. The average molecular weight is 387 g/mol. The summed E-state index contributed by atoms with van der Waals surface area (Å²) < 4.78 is 29.0. The summed E-state index contributed by atoms with van der Waals surface area (Å²) in [6, 6.07) is 11.1. The molecule has 0 amide bonds. The minimum atomic E-state index is -0.701. The minimum Gasteiger partial charge on any atom is -0.395 e. The van der Waals surface area contributed by atoms with E-state index in [0.29, 0.717) is 25.3 Å². The van der Waals surface area contributed by atoms with Gasteiger partial charge in [-0.2, -0.15) is 5.10 Å². The number of halogens is 2. The topological polar surface area (TPSA) is 61.5 Å². The van der Waals surface area contributed by atoms with Gasteiger partial charge in [-0.25, -0.2) is 13.5 Å². The van der Waals surface area contributed by atoms with Crippen LogP contribution in [0.2, 0.25) is 0 Å². The van der Waals surface area contributed by atoms with E-state index >= 15 is 0 Å². The van der Waals surface area contributed by atoms with Gasteiger partial charge in [0.15, 0.2) is 5.82 Å². The lowest BCUT2D eigenvalue weighted by atomic mass is 10.0. The van der Waals surface area contributed by atoms with Crippen molar-refractivity contribution in [2.45, 2.75) is 13.5 Å². The molecule has 0 saturated heterocycles. The Bertz CT molecular complexity index is 937. The van der Waals surface area contributed by atoms with E-state index in [0.717, 1.165) is 22.8 Å². The Morgan fingerprint density at radius 2 is 1.75 bits per heavy atom. The second-order valence-corrected chi connectivity index (χ2v) is 6.58. The second-order valence-electron chi connectivity index (χ2n) is 6.58. The van der Waals surface area contributed by atoms with Crippen LogP contribution >= 0.6 is 0 Å². The molecule has 0 aliphatic rings. The zero-order chi connectivity index (χ0) is 20.1. The van der Waals surface area contributed by atoms with E-state index in [1.54, 1.807) is 6.20 Å². The fourth-order valence-electron chi connectivity index (χ4n) is 3.17. The average Bonchev–Trinajstić information content (AvgIpc) is 3.05. The van der Waals surface area contributed by atoms with Crippen LogP contribution in [0.1, 0.15) is 11.1 Å². The Labute approximate surface area is 162 Å². The van der Waals surface area contributed by atoms with E-state index in [4.69, 9.17) is 0 Å². The lowest BCUT2D eigenvalue weighted by Gasteiger charge is -2.20. The molecule has 0 aliphatic carbocycles. The molecule has 0 spiro atoms. The standard InChI is InChI=1S/C21H23F2N3O2/c1-15-4-2-3-5-18(15)21-16(13-25(8-10-27)9-11-28)14-26(24-21)20-7-6-17(22)12-19(20)23/h2-7,12,14,27-28H,8-11,13H2,1H3. The lowest BCUT2D eigenvalue weighted by Crippen LogP contribution is -2.29. The quantitative estimate of drug-likeness (QED) is 0.624. The molecule has 7 heteroatoms. The predicted octanol–water partition coefficient (Wildman–Crippen LogP) is 2.91. The van der Waals surface area contributed by atoms with Crippen LogP contribution in [-0.2, 0) is 6.54 Å². The molecule has 0 unspecified atom stereocenters. The second kappa shape index (κ2) is 9.05. The van der Waals surface area contributed by atoms with E-state index in [2.05, 4.69) is 5.10 Å². The molecule has 0 radical (unpaired) electrons. The van der Waals surface area contributed by atoms with Crippen LogP contribution < -0.4 is 0 Å². The van der Waals surface area contributed by atoms with Crippen molar-refractivity contribution in [2.24, 2.45) is 0 Å². The number of hydrogen-bond acceptors (Lipinski definition) is 4. The van der Waals surface area contributed by atoms with E-state index in [-0.39, 0.29) is 18.9 Å². The van der Waals surface area contributed by atoms with Crippen LogP contribution in [0.25, 0.3) is 16.9 Å². The van der Waals surface area contributed by atoms with Gasteiger partial charge in [0.25, 0.3) is 0 Å². The highest BCUT2D eigenvalue weighted by molar-refractivity contribution is 5.66. The summed E-state index contributed by atoms with van der Waals surface area (Å²) in [7, 11) is 0. The first kappa shape index (κ1) is 20.1. The minimum absolute atomic E-state index is 0.0412. The molecule has 3 aromatic rings. The van der Waals surface area contributed by atoms with Gasteiger partial charge < -0.3 is 10.2 Å². The molecule has 148 valence electrons. The molecule has 1 aromatic heterocycles. The molecule has 2 N–H and O–H groups in total. The summed E-state index contributed by atoms with van der Waals surface area (Å²) in [5.41, 5.74) is 3.58. The summed E-state index contributed by atoms with van der Waals surface area (Å²) in [4.78, 5) is 1.89. The third-order valence-electron chi connectivity index (χ3n) is 4.57. The summed E-state index contributed by atoms with van der Waals surface area (Å²) in [5.74, 6) is -1.35. The van der Waals surface area contributed by atoms with Gasteiger partial charge >= 0.3 is 0 Å². The molecule has 3 rings (SSSR count). The van der Waals surface area contributed by atoms with Crippen molar-refractivity contribution >= 4 is 0 Å². The van der Waals surface area contributed by atoms with Gasteiger partial charge in [-0.05, 0) is 24.6 Å². The Hall–Kier alpha value is -2.61. The van der Waals surface area contributed by atoms with Gasteiger partial charge in [0.1, 0.15) is 11.5 Å². The van der Waals surface area contributed by atoms with Crippen LogP contribution in [0, 0.1) is 18.6 Å². The molecule has 28 heavy (non-hydrogen) atoms. The summed E-state index contributed by atoms with van der Waals surface area (Å²) in [6.45, 7) is 3.10. The molecule has 0 aliphatic heterocycles. The maximum atomic E-state index is 14.3. The zero-order valence-electron chi connectivity index (χ0n) is 15.6. The Morgan fingerprint density at radius 1 is 1.04 bits per heavy atom. The molecule has 5 nitrogen and oxygen atoms in total. The predicted molar refractivity (Wildman–Crippen MR) is 103 cm³/mol. The van der Waals surface area contributed by atoms with Crippen molar-refractivity contribution in [1.29, 1.82) is 0 Å². The number of aliphatic hydroxyl groups is 2. The zero-order valence-corrected chi connectivity index (χ0v) is 15.6. The highest BCUT2D eigenvalue weighted by Crippen LogP contribution is 2.28. The molecule has 0 fully saturated rings. The van der Waals surface area contributed by atoms with E-state index < -0.39 is 11.6 Å². The van der Waals surface area contributed by atoms with E-state index in [1.807, 2.05) is 36.1 Å². The van der Waals surface area contributed by atoms with Crippen LogP contribution in [0.3, 0.4) is 0 Å². The Kier molecular flexibility index (Phi) is 6.51. The smallest absolute Gasteiger partial charge is 0.151 e. The SMILES string of the molecule is Cc1ccccc1-c1nn(-c2ccc(F)cc2F)cc1CN(CCO)CCO. The number of hydrogen-bond donors (Lipinski definition) is 2. The number of benzene rings is 2. The van der Waals surface area contributed by atoms with Crippen molar-refractivity contribution in [1.82, 2.24) is 14.7 Å². The Morgan fingerprint density at radius 3 is 2.39 bits per heavy atom. The van der Waals surface area contributed by atoms with Crippen LogP contribution in [0.15, 0.2) is 48.7 Å². The highest BCUT2D eigenvalue weighted by atomic mass is 19.1. The molecule has 0 atom stereocenters. The van der Waals surface area contributed by atoms with Gasteiger partial charge in [0, 0.05) is 43.0 Å². The number of aromatic nitrogens is 2. The van der Waals surface area contributed by atoms with Gasteiger partial charge in [-0.3, -0.25) is 4.90 Å². The van der Waals surface area contributed by atoms with Crippen LogP contribution in [-0.4, -0.2) is 51.2 Å². The first-order valence-corrected chi connectivity index (χ1v) is 9.07. The van der Waals surface area contributed by atoms with Gasteiger partial charge in [-0.1, -0.05) is 24.3 Å². The van der Waals surface area contributed by atoms with E-state index in [9.17, 15) is 19.0 Å². The molecule has 1 heterocycles. The maximum Gasteiger partial charge on any atom is 0.151 e. The summed E-state index contributed by atoms with van der Waals surface area (Å²) >= 11 is 0. The third-order valence-corrected chi connectivity index (χ3v) is 4.57. The van der Waals surface area contributed by atoms with Crippen LogP contribution in [0.5, 0.6) is 0 Å². The first-order valence-electron chi connectivity index (χ1n) is 9.07.